The predicted octanol–water partition coefficient (Wildman–Crippen LogP) is 10.4. The van der Waals surface area contributed by atoms with Gasteiger partial charge in [0.1, 0.15) is 17.4 Å². The maximum absolute atomic E-state index is 12.7. The fourth-order valence-corrected chi connectivity index (χ4v) is 5.82. The van der Waals surface area contributed by atoms with E-state index >= 15 is 0 Å². The van der Waals surface area contributed by atoms with Gasteiger partial charge in [-0.1, -0.05) is 48.3 Å². The summed E-state index contributed by atoms with van der Waals surface area (Å²) in [5.74, 6) is -1.50. The Bertz CT molecular complexity index is 2060. The Morgan fingerprint density at radius 2 is 1.58 bits per heavy atom. The number of hydrogen-bond acceptors (Lipinski definition) is 11. The summed E-state index contributed by atoms with van der Waals surface area (Å²) in [4.78, 5) is 48.8. The number of halogens is 7. The van der Waals surface area contributed by atoms with Crippen LogP contribution in [0.1, 0.15) is 68.6 Å². The van der Waals surface area contributed by atoms with Crippen molar-refractivity contribution in [2.45, 2.75) is 79.3 Å². The molecule has 0 aliphatic rings. The quantitative estimate of drug-likeness (QED) is 0.0765. The summed E-state index contributed by atoms with van der Waals surface area (Å²) < 4.78 is 53.3. The lowest BCUT2D eigenvalue weighted by Crippen LogP contribution is -2.43. The van der Waals surface area contributed by atoms with Gasteiger partial charge in [0.05, 0.1) is 39.5 Å². The maximum Gasteiger partial charge on any atom is 0.416 e. The summed E-state index contributed by atoms with van der Waals surface area (Å²) in [6.45, 7) is 14.4. The molecule has 1 amide bonds. The normalized spacial score (nSPS) is 11.9. The van der Waals surface area contributed by atoms with E-state index in [9.17, 15) is 27.6 Å². The van der Waals surface area contributed by atoms with Crippen molar-refractivity contribution in [3.63, 3.8) is 0 Å². The second-order valence-corrected chi connectivity index (χ2v) is 14.4. The molecule has 0 spiro atoms. The molecule has 0 radical (unpaired) electrons. The minimum absolute atomic E-state index is 0.0223. The zero-order valence-corrected chi connectivity index (χ0v) is 37.1. The molecule has 0 aliphatic carbocycles. The van der Waals surface area contributed by atoms with Crippen LogP contribution in [-0.2, 0) is 31.7 Å². The number of rotatable bonds is 15. The van der Waals surface area contributed by atoms with Crippen LogP contribution in [0.5, 0.6) is 11.5 Å². The highest BCUT2D eigenvalue weighted by Crippen LogP contribution is 2.37. The number of carboxylic acids is 1. The smallest absolute Gasteiger partial charge is 0.416 e. The standard InChI is InChI=1S/C17H11Cl2F3O5.C15H22ClNO2.C8H14ClN5/c1-8(15(23)24)26-16(25)11-7-10(3-4-12(11)18)27-14-5-2-9(6-13(14)19)17(20,21)22;1-5-13-8-6-7-11(2)15(13)17(14(18)9-16)12(3)10-19-4;1-4-10-7-12-6(9)13-8(14-7)11-5(2)3/h2-8H,1H3,(H,23,24);6-8,12H,5,9-10H2,1-4H3;5H,4H2,1-3H3,(H2,10,11,12,13,14)/t8-;;/m0../s1. The van der Waals surface area contributed by atoms with Gasteiger partial charge in [-0.2, -0.15) is 28.1 Å². The van der Waals surface area contributed by atoms with Crippen LogP contribution in [0.15, 0.2) is 54.6 Å². The summed E-state index contributed by atoms with van der Waals surface area (Å²) in [7, 11) is 1.64. The number of carbonyl (C=O) groups is 3. The molecule has 0 saturated carbocycles. The number of methoxy groups -OCH3 is 1. The lowest BCUT2D eigenvalue weighted by molar-refractivity contribution is -0.146. The Balaban J connectivity index is 0.000000329. The van der Waals surface area contributed by atoms with Gasteiger partial charge >= 0.3 is 18.1 Å². The van der Waals surface area contributed by atoms with Gasteiger partial charge in [0, 0.05) is 19.7 Å². The van der Waals surface area contributed by atoms with Crippen LogP contribution >= 0.6 is 46.4 Å². The number of ether oxygens (including phenoxy) is 3. The summed E-state index contributed by atoms with van der Waals surface area (Å²) in [5, 5.41) is 14.7. The van der Waals surface area contributed by atoms with Gasteiger partial charge in [-0.3, -0.25) is 4.79 Å². The summed E-state index contributed by atoms with van der Waals surface area (Å²) >= 11 is 23.2. The fraction of sp³-hybridized carbons (Fsp3) is 0.400. The molecule has 328 valence electrons. The van der Waals surface area contributed by atoms with Crippen molar-refractivity contribution in [1.82, 2.24) is 15.0 Å². The molecule has 0 aliphatic heterocycles. The number of alkyl halides is 4. The number of carbonyl (C=O) groups excluding carboxylic acids is 2. The largest absolute Gasteiger partial charge is 0.479 e. The first kappa shape index (κ1) is 51.5. The molecule has 3 aromatic carbocycles. The van der Waals surface area contributed by atoms with E-state index in [-0.39, 0.29) is 56.3 Å². The van der Waals surface area contributed by atoms with Gasteiger partial charge in [0.2, 0.25) is 23.1 Å². The number of aliphatic carboxylic acids is 1. The van der Waals surface area contributed by atoms with E-state index in [4.69, 9.17) is 65.7 Å². The number of nitrogens with one attached hydrogen (secondary N) is 2. The number of hydrogen-bond donors (Lipinski definition) is 3. The van der Waals surface area contributed by atoms with Crippen molar-refractivity contribution in [2.75, 3.05) is 41.7 Å². The SMILES string of the molecule is CCNc1nc(Cl)nc(NC(C)C)n1.CCc1cccc(C)c1N(C(=O)CCl)C(C)COC.C[C@H](OC(=O)c1cc(Oc2ccc(C(F)(F)F)cc2Cl)ccc1Cl)C(=O)O. The highest BCUT2D eigenvalue weighted by atomic mass is 35.5. The van der Waals surface area contributed by atoms with Gasteiger partial charge < -0.3 is 34.9 Å². The second kappa shape index (κ2) is 24.6. The molecule has 0 fully saturated rings. The molecule has 0 saturated heterocycles. The molecule has 4 aromatic rings. The van der Waals surface area contributed by atoms with E-state index in [1.807, 2.05) is 46.8 Å². The summed E-state index contributed by atoms with van der Waals surface area (Å²) in [5.41, 5.74) is 2.09. The monoisotopic (exact) mass is 920 g/mol. The first-order valence-electron chi connectivity index (χ1n) is 18.3. The second-order valence-electron chi connectivity index (χ2n) is 13.0. The van der Waals surface area contributed by atoms with Crippen LogP contribution in [0.3, 0.4) is 0 Å². The van der Waals surface area contributed by atoms with Crippen molar-refractivity contribution in [2.24, 2.45) is 0 Å². The molecule has 3 N–H and O–H groups in total. The minimum Gasteiger partial charge on any atom is -0.479 e. The van der Waals surface area contributed by atoms with Gasteiger partial charge in [-0.25, -0.2) is 9.59 Å². The van der Waals surface area contributed by atoms with Gasteiger partial charge in [-0.15, -0.1) is 11.6 Å². The Kier molecular flexibility index (Phi) is 21.1. The molecule has 4 rings (SSSR count). The lowest BCUT2D eigenvalue weighted by Gasteiger charge is -2.31. The minimum atomic E-state index is -4.56. The van der Waals surface area contributed by atoms with Gasteiger partial charge in [0.15, 0.2) is 6.10 Å². The third kappa shape index (κ3) is 16.1. The van der Waals surface area contributed by atoms with Gasteiger partial charge in [0.25, 0.3) is 0 Å². The zero-order valence-electron chi connectivity index (χ0n) is 34.1. The van der Waals surface area contributed by atoms with E-state index in [2.05, 4.69) is 38.6 Å². The third-order valence-electron chi connectivity index (χ3n) is 7.81. The third-order valence-corrected chi connectivity index (χ3v) is 8.83. The Morgan fingerprint density at radius 1 is 0.917 bits per heavy atom. The van der Waals surface area contributed by atoms with Crippen LogP contribution in [0.25, 0.3) is 0 Å². The van der Waals surface area contributed by atoms with Crippen LogP contribution in [0.2, 0.25) is 15.3 Å². The number of carboxylic acid groups (broad SMARTS) is 1. The highest BCUT2D eigenvalue weighted by molar-refractivity contribution is 6.33. The summed E-state index contributed by atoms with van der Waals surface area (Å²) in [6.07, 6.45) is -5.08. The van der Waals surface area contributed by atoms with Crippen molar-refractivity contribution < 1.29 is 46.9 Å². The maximum atomic E-state index is 12.7. The van der Waals surface area contributed by atoms with Crippen LogP contribution in [0, 0.1) is 6.92 Å². The van der Waals surface area contributed by atoms with E-state index < -0.39 is 29.8 Å². The lowest BCUT2D eigenvalue weighted by atomic mass is 10.0. The van der Waals surface area contributed by atoms with Crippen LogP contribution in [0.4, 0.5) is 30.8 Å². The van der Waals surface area contributed by atoms with Crippen molar-refractivity contribution in [3.8, 4) is 11.5 Å². The average Bonchev–Trinajstić information content (AvgIpc) is 3.16. The van der Waals surface area contributed by atoms with E-state index in [0.717, 1.165) is 54.9 Å². The molecular formula is C40H47Cl4F3N6O7. The number of amides is 1. The molecule has 0 bridgehead atoms. The molecule has 1 aromatic heterocycles. The van der Waals surface area contributed by atoms with E-state index in [1.54, 1.807) is 12.0 Å². The zero-order chi connectivity index (χ0) is 45.3. The first-order chi connectivity index (χ1) is 28.2. The average molecular weight is 923 g/mol. The van der Waals surface area contributed by atoms with Crippen molar-refractivity contribution in [3.05, 3.63) is 92.2 Å². The van der Waals surface area contributed by atoms with Crippen LogP contribution in [-0.4, -0.2) is 82.2 Å². The predicted molar refractivity (Wildman–Crippen MR) is 228 cm³/mol. The molecule has 13 nitrogen and oxygen atoms in total. The Hall–Kier alpha value is -4.61. The van der Waals surface area contributed by atoms with E-state index in [1.165, 1.54) is 12.1 Å². The number of para-hydroxylation sites is 1. The topological polar surface area (TPSA) is 165 Å². The molecule has 60 heavy (non-hydrogen) atoms. The molecule has 20 heteroatoms. The first-order valence-corrected chi connectivity index (χ1v) is 20.0. The molecule has 1 heterocycles. The fourth-order valence-electron chi connectivity index (χ4n) is 5.12. The number of anilines is 3. The molecule has 1 unspecified atom stereocenters. The number of nitrogens with zero attached hydrogens (tertiary/aromatic N) is 4. The Labute approximate surface area is 366 Å². The number of esters is 1. The van der Waals surface area contributed by atoms with Crippen LogP contribution < -0.4 is 20.3 Å². The van der Waals surface area contributed by atoms with E-state index in [0.29, 0.717) is 24.6 Å². The summed E-state index contributed by atoms with van der Waals surface area (Å²) in [6, 6.07) is 12.6. The molecule has 2 atom stereocenters. The highest BCUT2D eigenvalue weighted by Gasteiger charge is 2.31. The van der Waals surface area contributed by atoms with Gasteiger partial charge in [-0.05, 0) is 107 Å². The van der Waals surface area contributed by atoms with Crippen molar-refractivity contribution in [1.29, 1.82) is 0 Å². The number of benzene rings is 3. The van der Waals surface area contributed by atoms with Crippen molar-refractivity contribution >= 4 is 81.8 Å². The Morgan fingerprint density at radius 3 is 2.13 bits per heavy atom. The molecular weight excluding hydrogens is 875 g/mol. The number of aromatic nitrogens is 3. The number of aryl methyl sites for hydroxylation is 2.